The zero-order valence-electron chi connectivity index (χ0n) is 27.3. The van der Waals surface area contributed by atoms with Crippen LogP contribution in [0.25, 0.3) is 17.4 Å². The van der Waals surface area contributed by atoms with Crippen molar-refractivity contribution in [3.8, 4) is 11.3 Å². The highest BCUT2D eigenvalue weighted by atomic mass is 79.9. The molecule has 0 atom stereocenters. The Morgan fingerprint density at radius 2 is 1.35 bits per heavy atom. The average Bonchev–Trinajstić information content (AvgIpc) is 3.56. The van der Waals surface area contributed by atoms with Gasteiger partial charge in [0.15, 0.2) is 0 Å². The lowest BCUT2D eigenvalue weighted by molar-refractivity contribution is -0.115. The first kappa shape index (κ1) is 33.8. The molecule has 0 radical (unpaired) electrons. The molecule has 1 aromatic heterocycles. The van der Waals surface area contributed by atoms with Gasteiger partial charge in [-0.2, -0.15) is 0 Å². The van der Waals surface area contributed by atoms with Crippen molar-refractivity contribution in [1.82, 2.24) is 5.32 Å². The molecule has 7 rings (SSSR count). The van der Waals surface area contributed by atoms with Gasteiger partial charge < -0.3 is 15.1 Å². The van der Waals surface area contributed by atoms with Crippen molar-refractivity contribution in [3.05, 3.63) is 172 Å². The standard InChI is InChI=1S/C42H32BrN3O4S/c43-32-18-16-30(17-19-32)39-25-22-34(50-39)26-36(45-41(48)31-10-2-1-3-11-31)42(49)44-33-20-23-35(24-21-33)51-27-40(47)46-37-12-6-4-8-28(37)14-15-29-9-5-7-13-38(29)46/h1-13,16-26H,14-15,27H2,(H,44,49)(H,45,48). The predicted molar refractivity (Wildman–Crippen MR) is 207 cm³/mol. The van der Waals surface area contributed by atoms with Crippen LogP contribution in [0.1, 0.15) is 27.2 Å². The van der Waals surface area contributed by atoms with Gasteiger partial charge in [-0.05, 0) is 96.8 Å². The number of aryl methyl sites for hydroxylation is 2. The van der Waals surface area contributed by atoms with Gasteiger partial charge in [0, 0.05) is 32.3 Å². The monoisotopic (exact) mass is 753 g/mol. The molecule has 3 amide bonds. The fourth-order valence-corrected chi connectivity index (χ4v) is 6.89. The lowest BCUT2D eigenvalue weighted by Crippen LogP contribution is -2.30. The minimum Gasteiger partial charge on any atom is -0.457 e. The zero-order valence-corrected chi connectivity index (χ0v) is 29.7. The number of rotatable bonds is 9. The molecule has 252 valence electrons. The summed E-state index contributed by atoms with van der Waals surface area (Å²) in [4.78, 5) is 43.2. The normalized spacial score (nSPS) is 12.3. The Hall–Kier alpha value is -5.64. The Morgan fingerprint density at radius 1 is 0.725 bits per heavy atom. The van der Waals surface area contributed by atoms with Crippen molar-refractivity contribution in [2.45, 2.75) is 17.7 Å². The highest BCUT2D eigenvalue weighted by Crippen LogP contribution is 2.37. The van der Waals surface area contributed by atoms with E-state index in [-0.39, 0.29) is 17.4 Å². The Morgan fingerprint density at radius 3 is 2.02 bits per heavy atom. The summed E-state index contributed by atoms with van der Waals surface area (Å²) in [7, 11) is 0. The number of hydrogen-bond acceptors (Lipinski definition) is 5. The fourth-order valence-electron chi connectivity index (χ4n) is 5.88. The second-order valence-corrected chi connectivity index (χ2v) is 13.8. The van der Waals surface area contributed by atoms with Crippen LogP contribution in [0.2, 0.25) is 0 Å². The van der Waals surface area contributed by atoms with Crippen molar-refractivity contribution in [1.29, 1.82) is 0 Å². The third-order valence-electron chi connectivity index (χ3n) is 8.42. The van der Waals surface area contributed by atoms with Gasteiger partial charge in [-0.3, -0.25) is 19.3 Å². The summed E-state index contributed by atoms with van der Waals surface area (Å²) in [6.07, 6.45) is 3.25. The van der Waals surface area contributed by atoms with E-state index in [1.807, 2.05) is 89.8 Å². The van der Waals surface area contributed by atoms with E-state index in [1.165, 1.54) is 17.8 Å². The molecule has 6 aromatic rings. The molecular formula is C42H32BrN3O4S. The largest absolute Gasteiger partial charge is 0.457 e. The van der Waals surface area contributed by atoms with Gasteiger partial charge in [0.1, 0.15) is 17.2 Å². The number of halogens is 1. The quantitative estimate of drug-likeness (QED) is 0.113. The molecule has 51 heavy (non-hydrogen) atoms. The predicted octanol–water partition coefficient (Wildman–Crippen LogP) is 9.67. The molecule has 0 aliphatic carbocycles. The molecule has 0 saturated heterocycles. The average molecular weight is 755 g/mol. The van der Waals surface area contributed by atoms with Crippen LogP contribution in [-0.4, -0.2) is 23.5 Å². The number of nitrogens with one attached hydrogen (secondary N) is 2. The van der Waals surface area contributed by atoms with Gasteiger partial charge >= 0.3 is 0 Å². The maximum atomic E-state index is 13.8. The summed E-state index contributed by atoms with van der Waals surface area (Å²) in [6, 6.07) is 43.4. The summed E-state index contributed by atoms with van der Waals surface area (Å²) in [5.74, 6) is 0.302. The number of carbonyl (C=O) groups excluding carboxylic acids is 3. The van der Waals surface area contributed by atoms with Gasteiger partial charge in [-0.15, -0.1) is 11.8 Å². The van der Waals surface area contributed by atoms with Gasteiger partial charge in [0.2, 0.25) is 5.91 Å². The Labute approximate surface area is 308 Å². The molecule has 1 aliphatic rings. The zero-order chi connectivity index (χ0) is 35.2. The van der Waals surface area contributed by atoms with Crippen LogP contribution in [-0.2, 0) is 22.4 Å². The number of benzene rings is 5. The maximum Gasteiger partial charge on any atom is 0.272 e. The highest BCUT2D eigenvalue weighted by Gasteiger charge is 2.25. The minimum absolute atomic E-state index is 0.00988. The van der Waals surface area contributed by atoms with E-state index >= 15 is 0 Å². The van der Waals surface area contributed by atoms with E-state index in [0.717, 1.165) is 50.3 Å². The molecule has 2 heterocycles. The van der Waals surface area contributed by atoms with Crippen LogP contribution in [0.4, 0.5) is 17.1 Å². The number of carbonyl (C=O) groups is 3. The van der Waals surface area contributed by atoms with E-state index in [1.54, 1.807) is 42.5 Å². The van der Waals surface area contributed by atoms with Gasteiger partial charge in [-0.1, -0.05) is 82.7 Å². The van der Waals surface area contributed by atoms with Crippen molar-refractivity contribution >= 4 is 68.6 Å². The molecule has 0 saturated carbocycles. The van der Waals surface area contributed by atoms with Gasteiger partial charge in [0.05, 0.1) is 17.1 Å². The lowest BCUT2D eigenvalue weighted by atomic mass is 10.0. The van der Waals surface area contributed by atoms with Crippen molar-refractivity contribution in [2.75, 3.05) is 16.0 Å². The first-order valence-corrected chi connectivity index (χ1v) is 18.2. The molecule has 5 aromatic carbocycles. The molecule has 0 fully saturated rings. The topological polar surface area (TPSA) is 91.7 Å². The van der Waals surface area contributed by atoms with E-state index in [9.17, 15) is 14.4 Å². The number of thioether (sulfide) groups is 1. The number of anilines is 3. The number of amides is 3. The smallest absolute Gasteiger partial charge is 0.272 e. The van der Waals surface area contributed by atoms with Crippen molar-refractivity contribution in [3.63, 3.8) is 0 Å². The van der Waals surface area contributed by atoms with Crippen LogP contribution in [0.15, 0.2) is 159 Å². The highest BCUT2D eigenvalue weighted by molar-refractivity contribution is 9.10. The van der Waals surface area contributed by atoms with Crippen LogP contribution in [0.3, 0.4) is 0 Å². The summed E-state index contributed by atoms with van der Waals surface area (Å²) in [5, 5.41) is 5.63. The van der Waals surface area contributed by atoms with E-state index < -0.39 is 11.8 Å². The second-order valence-electron chi connectivity index (χ2n) is 11.8. The summed E-state index contributed by atoms with van der Waals surface area (Å²) in [5.41, 5.74) is 5.98. The minimum atomic E-state index is -0.519. The van der Waals surface area contributed by atoms with Gasteiger partial charge in [0.25, 0.3) is 11.8 Å². The fraction of sp³-hybridized carbons (Fsp3) is 0.0714. The summed E-state index contributed by atoms with van der Waals surface area (Å²) >= 11 is 4.88. The first-order valence-electron chi connectivity index (χ1n) is 16.4. The summed E-state index contributed by atoms with van der Waals surface area (Å²) < 4.78 is 6.97. The Balaban J connectivity index is 1.05. The molecule has 7 nitrogen and oxygen atoms in total. The number of para-hydroxylation sites is 2. The van der Waals surface area contributed by atoms with Crippen LogP contribution in [0.5, 0.6) is 0 Å². The first-order chi connectivity index (χ1) is 24.9. The Bertz CT molecular complexity index is 2180. The lowest BCUT2D eigenvalue weighted by Gasteiger charge is -2.25. The molecule has 0 bridgehead atoms. The molecule has 9 heteroatoms. The Kier molecular flexibility index (Phi) is 10.3. The number of nitrogens with zero attached hydrogens (tertiary/aromatic N) is 1. The van der Waals surface area contributed by atoms with Crippen molar-refractivity contribution in [2.24, 2.45) is 0 Å². The third kappa shape index (κ3) is 8.06. The van der Waals surface area contributed by atoms with Gasteiger partial charge in [-0.25, -0.2) is 0 Å². The third-order valence-corrected chi connectivity index (χ3v) is 9.95. The molecule has 0 spiro atoms. The number of hydrogen-bond donors (Lipinski definition) is 2. The molecule has 1 aliphatic heterocycles. The van der Waals surface area contributed by atoms with Crippen LogP contribution < -0.4 is 15.5 Å². The maximum absolute atomic E-state index is 13.8. The number of fused-ring (bicyclic) bond motifs is 2. The van der Waals surface area contributed by atoms with E-state index in [2.05, 4.69) is 38.7 Å². The second kappa shape index (κ2) is 15.5. The van der Waals surface area contributed by atoms with E-state index in [4.69, 9.17) is 4.42 Å². The SMILES string of the molecule is O=C(Nc1ccc(SCC(=O)N2c3ccccc3CCc3ccccc32)cc1)C(=Cc1ccc(-c2ccc(Br)cc2)o1)NC(=O)c1ccccc1. The molecular weight excluding hydrogens is 722 g/mol. The molecule has 0 unspecified atom stereocenters. The summed E-state index contributed by atoms with van der Waals surface area (Å²) in [6.45, 7) is 0. The molecule has 2 N–H and O–H groups in total. The van der Waals surface area contributed by atoms with Crippen LogP contribution >= 0.6 is 27.7 Å². The van der Waals surface area contributed by atoms with Crippen LogP contribution in [0, 0.1) is 0 Å². The van der Waals surface area contributed by atoms with Crippen molar-refractivity contribution < 1.29 is 18.8 Å². The van der Waals surface area contributed by atoms with E-state index in [0.29, 0.717) is 22.8 Å². The number of furan rings is 1.